The van der Waals surface area contributed by atoms with Gasteiger partial charge in [0.05, 0.1) is 17.1 Å². The lowest BCUT2D eigenvalue weighted by Crippen LogP contribution is -2.30. The molecule has 3 heterocycles. The number of amides is 1. The van der Waals surface area contributed by atoms with Gasteiger partial charge in [0.25, 0.3) is 5.91 Å². The van der Waals surface area contributed by atoms with E-state index in [1.165, 1.54) is 39.9 Å². The van der Waals surface area contributed by atoms with Crippen molar-refractivity contribution in [2.75, 3.05) is 38.1 Å². The number of halogens is 1. The van der Waals surface area contributed by atoms with Gasteiger partial charge < -0.3 is 10.1 Å². The Balaban J connectivity index is 0.00000324. The van der Waals surface area contributed by atoms with Crippen molar-refractivity contribution in [2.45, 2.75) is 44.6 Å². The van der Waals surface area contributed by atoms with Crippen LogP contribution in [-0.2, 0) is 27.7 Å². The molecule has 1 aromatic heterocycles. The first-order valence-electron chi connectivity index (χ1n) is 11.3. The molecule has 186 valence electrons. The zero-order valence-electron chi connectivity index (χ0n) is 19.3. The normalized spacial score (nSPS) is 16.5. The van der Waals surface area contributed by atoms with E-state index in [0.29, 0.717) is 29.2 Å². The van der Waals surface area contributed by atoms with Crippen LogP contribution in [-0.4, -0.2) is 62.3 Å². The summed E-state index contributed by atoms with van der Waals surface area (Å²) >= 11 is 1.41. The number of fused-ring (bicyclic) bond motifs is 1. The van der Waals surface area contributed by atoms with Crippen molar-refractivity contribution in [1.82, 2.24) is 9.21 Å². The molecule has 4 rings (SSSR count). The SMILES string of the molecule is CCOC(=O)c1c(NC(=O)c2ccc(S(=O)(=O)N3CCCC3)cc2)sc2c1CCN(CC)C2.Cl. The summed E-state index contributed by atoms with van der Waals surface area (Å²) in [5.74, 6) is -0.820. The fraction of sp³-hybridized carbons (Fsp3) is 0.478. The van der Waals surface area contributed by atoms with Gasteiger partial charge in [0.1, 0.15) is 5.00 Å². The van der Waals surface area contributed by atoms with Crippen molar-refractivity contribution < 1.29 is 22.7 Å². The molecule has 2 aromatic rings. The van der Waals surface area contributed by atoms with Crippen molar-refractivity contribution in [3.8, 4) is 0 Å². The summed E-state index contributed by atoms with van der Waals surface area (Å²) < 4.78 is 32.2. The number of sulfonamides is 1. The Labute approximate surface area is 210 Å². The van der Waals surface area contributed by atoms with Gasteiger partial charge in [-0.15, -0.1) is 23.7 Å². The first kappa shape index (κ1) is 26.6. The van der Waals surface area contributed by atoms with Gasteiger partial charge in [-0.05, 0) is 62.6 Å². The highest BCUT2D eigenvalue weighted by molar-refractivity contribution is 7.89. The number of esters is 1. The fourth-order valence-electron chi connectivity index (χ4n) is 4.26. The molecule has 1 aromatic carbocycles. The van der Waals surface area contributed by atoms with Gasteiger partial charge in [-0.3, -0.25) is 9.69 Å². The fourth-order valence-corrected chi connectivity index (χ4v) is 7.05. The van der Waals surface area contributed by atoms with Crippen LogP contribution in [0.2, 0.25) is 0 Å². The van der Waals surface area contributed by atoms with Crippen LogP contribution in [0.1, 0.15) is 57.8 Å². The third-order valence-corrected chi connectivity index (χ3v) is 9.15. The smallest absolute Gasteiger partial charge is 0.341 e. The molecule has 11 heteroatoms. The number of rotatable bonds is 7. The number of hydrogen-bond acceptors (Lipinski definition) is 7. The minimum absolute atomic E-state index is 0. The summed E-state index contributed by atoms with van der Waals surface area (Å²) in [6.07, 6.45) is 2.46. The van der Waals surface area contributed by atoms with Crippen LogP contribution in [0.25, 0.3) is 0 Å². The van der Waals surface area contributed by atoms with Crippen molar-refractivity contribution in [2.24, 2.45) is 0 Å². The average Bonchev–Trinajstić information content (AvgIpc) is 3.47. The molecule has 8 nitrogen and oxygen atoms in total. The van der Waals surface area contributed by atoms with Crippen molar-refractivity contribution in [3.63, 3.8) is 0 Å². The quantitative estimate of drug-likeness (QED) is 0.551. The van der Waals surface area contributed by atoms with Crippen molar-refractivity contribution in [1.29, 1.82) is 0 Å². The molecule has 1 fully saturated rings. The molecule has 0 radical (unpaired) electrons. The topological polar surface area (TPSA) is 96.0 Å². The molecule has 0 bridgehead atoms. The molecule has 1 amide bonds. The number of anilines is 1. The zero-order valence-corrected chi connectivity index (χ0v) is 21.8. The Morgan fingerprint density at radius 3 is 2.38 bits per heavy atom. The van der Waals surface area contributed by atoms with E-state index in [1.54, 1.807) is 6.92 Å². The molecule has 0 atom stereocenters. The lowest BCUT2D eigenvalue weighted by atomic mass is 10.0. The van der Waals surface area contributed by atoms with E-state index in [-0.39, 0.29) is 23.9 Å². The maximum Gasteiger partial charge on any atom is 0.341 e. The highest BCUT2D eigenvalue weighted by atomic mass is 35.5. The molecule has 0 spiro atoms. The Bertz CT molecular complexity index is 1140. The minimum Gasteiger partial charge on any atom is -0.462 e. The standard InChI is InChI=1S/C23H29N3O5S2.ClH/c1-3-25-14-11-18-19(15-25)32-22(20(18)23(28)31-4-2)24-21(27)16-7-9-17(10-8-16)33(29,30)26-12-5-6-13-26;/h7-10H,3-6,11-15H2,1-2H3,(H,24,27);1H. The molecule has 1 saturated heterocycles. The number of hydrogen-bond donors (Lipinski definition) is 1. The largest absolute Gasteiger partial charge is 0.462 e. The Morgan fingerprint density at radius 1 is 1.09 bits per heavy atom. The van der Waals surface area contributed by atoms with E-state index in [0.717, 1.165) is 49.3 Å². The van der Waals surface area contributed by atoms with Crippen molar-refractivity contribution >= 4 is 50.6 Å². The Morgan fingerprint density at radius 2 is 1.76 bits per heavy atom. The molecule has 2 aliphatic rings. The molecule has 2 aliphatic heterocycles. The van der Waals surface area contributed by atoms with Gasteiger partial charge in [-0.2, -0.15) is 4.31 Å². The number of ether oxygens (including phenoxy) is 1. The van der Waals surface area contributed by atoms with E-state index >= 15 is 0 Å². The predicted octanol–water partition coefficient (Wildman–Crippen LogP) is 3.76. The molecule has 1 N–H and O–H groups in total. The number of carbonyl (C=O) groups excluding carboxylic acids is 2. The first-order chi connectivity index (χ1) is 15.8. The maximum absolute atomic E-state index is 13.0. The summed E-state index contributed by atoms with van der Waals surface area (Å²) in [6, 6.07) is 5.95. The first-order valence-corrected chi connectivity index (χ1v) is 13.6. The lowest BCUT2D eigenvalue weighted by Gasteiger charge is -2.25. The molecular formula is C23H30ClN3O5S2. The second kappa shape index (κ2) is 11.2. The number of carbonyl (C=O) groups is 2. The average molecular weight is 528 g/mol. The molecule has 0 aliphatic carbocycles. The number of likely N-dealkylation sites (N-methyl/N-ethyl adjacent to an activating group) is 1. The van der Waals surface area contributed by atoms with Gasteiger partial charge in [-0.25, -0.2) is 13.2 Å². The van der Waals surface area contributed by atoms with E-state index in [2.05, 4.69) is 17.1 Å². The maximum atomic E-state index is 13.0. The summed E-state index contributed by atoms with van der Waals surface area (Å²) in [4.78, 5) is 29.2. The van der Waals surface area contributed by atoms with Crippen LogP contribution < -0.4 is 5.32 Å². The second-order valence-electron chi connectivity index (χ2n) is 8.14. The van der Waals surface area contributed by atoms with Crippen LogP contribution in [0.5, 0.6) is 0 Å². The highest BCUT2D eigenvalue weighted by Crippen LogP contribution is 2.38. The van der Waals surface area contributed by atoms with E-state index < -0.39 is 21.9 Å². The van der Waals surface area contributed by atoms with Crippen molar-refractivity contribution in [3.05, 3.63) is 45.8 Å². The van der Waals surface area contributed by atoms with Gasteiger partial charge in [0.2, 0.25) is 10.0 Å². The summed E-state index contributed by atoms with van der Waals surface area (Å²) in [5, 5.41) is 3.35. The Kier molecular flexibility index (Phi) is 8.75. The van der Waals surface area contributed by atoms with Gasteiger partial charge >= 0.3 is 5.97 Å². The molecule has 0 unspecified atom stereocenters. The number of nitrogens with zero attached hydrogens (tertiary/aromatic N) is 2. The molecular weight excluding hydrogens is 498 g/mol. The number of thiophene rings is 1. The van der Waals surface area contributed by atoms with Gasteiger partial charge in [-0.1, -0.05) is 6.92 Å². The third kappa shape index (κ3) is 5.31. The Hall–Kier alpha value is -1.98. The van der Waals surface area contributed by atoms with E-state index in [4.69, 9.17) is 4.74 Å². The van der Waals surface area contributed by atoms with Crippen LogP contribution >= 0.6 is 23.7 Å². The van der Waals surface area contributed by atoms with Crippen LogP contribution in [0.15, 0.2) is 29.2 Å². The highest BCUT2D eigenvalue weighted by Gasteiger charge is 2.30. The van der Waals surface area contributed by atoms with E-state index in [9.17, 15) is 18.0 Å². The molecule has 34 heavy (non-hydrogen) atoms. The number of nitrogens with one attached hydrogen (secondary N) is 1. The summed E-state index contributed by atoms with van der Waals surface area (Å²) in [7, 11) is -3.54. The summed E-state index contributed by atoms with van der Waals surface area (Å²) in [5.41, 5.74) is 1.71. The summed E-state index contributed by atoms with van der Waals surface area (Å²) in [6.45, 7) is 7.67. The van der Waals surface area contributed by atoms with Gasteiger partial charge in [0.15, 0.2) is 0 Å². The molecule has 0 saturated carbocycles. The number of benzene rings is 1. The zero-order chi connectivity index (χ0) is 23.6. The minimum atomic E-state index is -3.54. The van der Waals surface area contributed by atoms with Crippen LogP contribution in [0.4, 0.5) is 5.00 Å². The van der Waals surface area contributed by atoms with E-state index in [1.807, 2.05) is 0 Å². The predicted molar refractivity (Wildman–Crippen MR) is 135 cm³/mol. The lowest BCUT2D eigenvalue weighted by molar-refractivity contribution is 0.0526. The van der Waals surface area contributed by atoms with Gasteiger partial charge in [0, 0.05) is 36.6 Å². The third-order valence-electron chi connectivity index (χ3n) is 6.11. The van der Waals surface area contributed by atoms with Crippen LogP contribution in [0.3, 0.4) is 0 Å². The monoisotopic (exact) mass is 527 g/mol. The van der Waals surface area contributed by atoms with Crippen LogP contribution in [0, 0.1) is 0 Å². The second-order valence-corrected chi connectivity index (χ2v) is 11.2.